The Morgan fingerprint density at radius 2 is 1.71 bits per heavy atom. The molecule has 1 N–H and O–H groups in total. The fraction of sp³-hybridized carbons (Fsp3) is 0.333. The van der Waals surface area contributed by atoms with Crippen LogP contribution in [0.1, 0.15) is 75.1 Å². The summed E-state index contributed by atoms with van der Waals surface area (Å²) in [4.78, 5) is 39.1. The number of carboxylic acids is 1. The van der Waals surface area contributed by atoms with E-state index in [4.69, 9.17) is 9.72 Å². The monoisotopic (exact) mass is 618 g/mol. The number of aryl methyl sites for hydroxylation is 2. The molecule has 45 heavy (non-hydrogen) atoms. The van der Waals surface area contributed by atoms with Crippen LogP contribution in [-0.4, -0.2) is 62.6 Å². The van der Waals surface area contributed by atoms with Gasteiger partial charge in [-0.2, -0.15) is 0 Å². The highest BCUT2D eigenvalue weighted by molar-refractivity contribution is 7.15. The van der Waals surface area contributed by atoms with Crippen LogP contribution in [0.4, 0.5) is 0 Å². The van der Waals surface area contributed by atoms with Crippen molar-refractivity contribution in [3.05, 3.63) is 76.1 Å². The van der Waals surface area contributed by atoms with E-state index in [0.29, 0.717) is 37.9 Å². The highest BCUT2D eigenvalue weighted by Crippen LogP contribution is 2.44. The van der Waals surface area contributed by atoms with E-state index in [1.54, 1.807) is 23.5 Å². The normalized spacial score (nSPS) is 16.4. The van der Waals surface area contributed by atoms with Gasteiger partial charge >= 0.3 is 5.97 Å². The van der Waals surface area contributed by atoms with E-state index in [1.807, 2.05) is 30.9 Å². The summed E-state index contributed by atoms with van der Waals surface area (Å²) in [5.74, 6) is -0.727. The van der Waals surface area contributed by atoms with E-state index in [1.165, 1.54) is 12.0 Å². The number of aromatic nitrogens is 3. The van der Waals surface area contributed by atoms with Gasteiger partial charge in [-0.15, -0.1) is 11.3 Å². The van der Waals surface area contributed by atoms with Gasteiger partial charge < -0.3 is 19.1 Å². The van der Waals surface area contributed by atoms with Crippen molar-refractivity contribution in [1.29, 1.82) is 0 Å². The zero-order valence-electron chi connectivity index (χ0n) is 25.4. The molecule has 0 bridgehead atoms. The number of nitrogens with zero attached hydrogens (tertiary/aromatic N) is 4. The first kappa shape index (κ1) is 28.2. The second-order valence-electron chi connectivity index (χ2n) is 12.4. The number of ether oxygens (including phenoxy) is 1. The van der Waals surface area contributed by atoms with Crippen molar-refractivity contribution in [2.45, 2.75) is 51.9 Å². The van der Waals surface area contributed by atoms with Crippen molar-refractivity contribution in [3.8, 4) is 10.6 Å². The minimum Gasteiger partial charge on any atom is -0.478 e. The third kappa shape index (κ3) is 4.68. The third-order valence-electron chi connectivity index (χ3n) is 9.57. The predicted molar refractivity (Wildman–Crippen MR) is 178 cm³/mol. The zero-order valence-corrected chi connectivity index (χ0v) is 26.2. The maximum absolute atomic E-state index is 14.4. The number of carboxylic acid groups (broad SMARTS) is 1. The summed E-state index contributed by atoms with van der Waals surface area (Å²) in [5, 5.41) is 15.0. The second kappa shape index (κ2) is 10.9. The number of morpholine rings is 1. The van der Waals surface area contributed by atoms with Gasteiger partial charge in [0.2, 0.25) is 0 Å². The summed E-state index contributed by atoms with van der Waals surface area (Å²) in [6, 6.07) is 15.9. The van der Waals surface area contributed by atoms with Crippen LogP contribution in [-0.2, 0) is 4.74 Å². The van der Waals surface area contributed by atoms with Gasteiger partial charge in [-0.25, -0.2) is 14.8 Å². The Morgan fingerprint density at radius 3 is 2.44 bits per heavy atom. The van der Waals surface area contributed by atoms with Crippen molar-refractivity contribution in [3.63, 3.8) is 0 Å². The van der Waals surface area contributed by atoms with E-state index < -0.39 is 5.97 Å². The lowest BCUT2D eigenvalue weighted by atomic mass is 9.82. The summed E-state index contributed by atoms with van der Waals surface area (Å²) in [6.07, 6.45) is 5.69. The molecule has 1 aliphatic heterocycles. The minimum absolute atomic E-state index is 0.0735. The van der Waals surface area contributed by atoms with Crippen molar-refractivity contribution in [2.75, 3.05) is 26.3 Å². The average Bonchev–Trinajstić information content (AvgIpc) is 3.59. The quantitative estimate of drug-likeness (QED) is 0.203. The van der Waals surface area contributed by atoms with Crippen molar-refractivity contribution >= 4 is 61.3 Å². The Bertz CT molecular complexity index is 2170. The van der Waals surface area contributed by atoms with Gasteiger partial charge in [-0.3, -0.25) is 4.79 Å². The van der Waals surface area contributed by atoms with Gasteiger partial charge in [0.1, 0.15) is 5.69 Å². The molecule has 1 amide bonds. The molecule has 1 aliphatic carbocycles. The molecular formula is C36H34N4O4S. The molecule has 0 unspecified atom stereocenters. The molecule has 9 heteroatoms. The first-order valence-electron chi connectivity index (χ1n) is 15.8. The summed E-state index contributed by atoms with van der Waals surface area (Å²) in [7, 11) is 0. The van der Waals surface area contributed by atoms with Crippen LogP contribution in [0.25, 0.3) is 48.7 Å². The number of rotatable bonds is 4. The minimum atomic E-state index is -0.979. The molecule has 0 radical (unpaired) electrons. The van der Waals surface area contributed by atoms with E-state index in [-0.39, 0.29) is 11.5 Å². The molecule has 4 aromatic heterocycles. The smallest absolute Gasteiger partial charge is 0.335 e. The van der Waals surface area contributed by atoms with Gasteiger partial charge in [0.05, 0.1) is 56.6 Å². The molecule has 2 fully saturated rings. The first-order chi connectivity index (χ1) is 21.9. The van der Waals surface area contributed by atoms with Crippen LogP contribution in [0.3, 0.4) is 0 Å². The maximum atomic E-state index is 14.4. The molecule has 8 nitrogen and oxygen atoms in total. The SMILES string of the molecule is Cc1nc(C)c(-c2ccc3cc4c(cc(C(=O)N5CCOCC5)n5c6cc(C(=O)O)ccc6c(C6CCCCC6)c45)cc3n2)s1. The molecular weight excluding hydrogens is 584 g/mol. The van der Waals surface area contributed by atoms with Gasteiger partial charge in [0, 0.05) is 29.2 Å². The highest BCUT2D eigenvalue weighted by Gasteiger charge is 2.29. The van der Waals surface area contributed by atoms with Crippen molar-refractivity contribution in [2.24, 2.45) is 0 Å². The molecule has 8 rings (SSSR count). The Morgan fingerprint density at radius 1 is 0.911 bits per heavy atom. The van der Waals surface area contributed by atoms with Crippen molar-refractivity contribution in [1.82, 2.24) is 19.3 Å². The Hall–Kier alpha value is -4.34. The number of thiazole rings is 1. The van der Waals surface area contributed by atoms with Crippen LogP contribution in [0, 0.1) is 13.8 Å². The molecule has 0 atom stereocenters. The van der Waals surface area contributed by atoms with Gasteiger partial charge in [-0.1, -0.05) is 31.4 Å². The topological polar surface area (TPSA) is 97.0 Å². The Balaban J connectivity index is 1.47. The van der Waals surface area contributed by atoms with E-state index in [2.05, 4.69) is 33.7 Å². The summed E-state index contributed by atoms with van der Waals surface area (Å²) >= 11 is 1.65. The van der Waals surface area contributed by atoms with E-state index in [0.717, 1.165) is 85.1 Å². The predicted octanol–water partition coefficient (Wildman–Crippen LogP) is 7.75. The Kier molecular flexibility index (Phi) is 6.84. The number of aromatic carboxylic acids is 1. The largest absolute Gasteiger partial charge is 0.478 e. The van der Waals surface area contributed by atoms with Crippen molar-refractivity contribution < 1.29 is 19.4 Å². The second-order valence-corrected chi connectivity index (χ2v) is 13.6. The molecule has 1 saturated carbocycles. The average molecular weight is 619 g/mol. The molecule has 2 aliphatic rings. The Labute approximate surface area is 264 Å². The van der Waals surface area contributed by atoms with E-state index >= 15 is 0 Å². The van der Waals surface area contributed by atoms with Crippen LogP contribution < -0.4 is 0 Å². The first-order valence-corrected chi connectivity index (χ1v) is 16.6. The molecule has 228 valence electrons. The van der Waals surface area contributed by atoms with Crippen LogP contribution in [0.15, 0.2) is 48.5 Å². The number of carbonyl (C=O) groups excluding carboxylic acids is 1. The zero-order chi connectivity index (χ0) is 30.8. The molecule has 5 heterocycles. The lowest BCUT2D eigenvalue weighted by molar-refractivity contribution is 0.0298. The fourth-order valence-electron chi connectivity index (χ4n) is 7.47. The number of pyridine rings is 2. The molecule has 2 aromatic carbocycles. The number of hydrogen-bond acceptors (Lipinski definition) is 6. The lowest BCUT2D eigenvalue weighted by Crippen LogP contribution is -2.41. The van der Waals surface area contributed by atoms with Crippen LogP contribution >= 0.6 is 11.3 Å². The molecule has 6 aromatic rings. The summed E-state index contributed by atoms with van der Waals surface area (Å²) in [6.45, 7) is 6.07. The number of carbonyl (C=O) groups is 2. The van der Waals surface area contributed by atoms with Crippen LogP contribution in [0.5, 0.6) is 0 Å². The number of hydrogen-bond donors (Lipinski definition) is 1. The van der Waals surface area contributed by atoms with Crippen LogP contribution in [0.2, 0.25) is 0 Å². The van der Waals surface area contributed by atoms with Gasteiger partial charge in [-0.05, 0) is 80.0 Å². The summed E-state index contributed by atoms with van der Waals surface area (Å²) in [5.41, 5.74) is 6.49. The fourth-order valence-corrected chi connectivity index (χ4v) is 8.36. The maximum Gasteiger partial charge on any atom is 0.335 e. The number of benzene rings is 2. The van der Waals surface area contributed by atoms with E-state index in [9.17, 15) is 14.7 Å². The number of amides is 1. The lowest BCUT2D eigenvalue weighted by Gasteiger charge is -2.27. The van der Waals surface area contributed by atoms with Gasteiger partial charge in [0.25, 0.3) is 5.91 Å². The standard InChI is InChI=1S/C36H34N4O4S/c1-20-34(45-21(2)37-20)28-11-9-23-16-27-25(17-29(23)38-28)19-31(35(41)39-12-14-44-15-13-39)40-30-18-24(36(42)43)8-10-26(30)32(33(27)40)22-6-4-3-5-7-22/h8-11,16-19,22H,3-7,12-15H2,1-2H3,(H,42,43). The van der Waals surface area contributed by atoms with Gasteiger partial charge in [0.15, 0.2) is 0 Å². The third-order valence-corrected chi connectivity index (χ3v) is 10.7. The molecule has 0 spiro atoms. The molecule has 1 saturated heterocycles. The summed E-state index contributed by atoms with van der Waals surface area (Å²) < 4.78 is 7.63. The number of fused-ring (bicyclic) bond motifs is 6. The highest BCUT2D eigenvalue weighted by atomic mass is 32.1.